The zero-order chi connectivity index (χ0) is 18.7. The monoisotopic (exact) mass is 377 g/mol. The highest BCUT2D eigenvalue weighted by Gasteiger charge is 2.29. The molecule has 1 aromatic carbocycles. The number of hydrogen-bond donors (Lipinski definition) is 2. The zero-order valence-corrected chi connectivity index (χ0v) is 16.0. The van der Waals surface area contributed by atoms with Crippen LogP contribution in [0.25, 0.3) is 0 Å². The molecule has 1 amide bonds. The summed E-state index contributed by atoms with van der Waals surface area (Å²) in [6.45, 7) is 6.66. The number of piperazine rings is 1. The van der Waals surface area contributed by atoms with E-state index in [1.165, 1.54) is 0 Å². The largest absolute Gasteiger partial charge is 0.340 e. The van der Waals surface area contributed by atoms with Gasteiger partial charge in [0.25, 0.3) is 5.91 Å². The molecule has 1 saturated heterocycles. The Morgan fingerprint density at radius 3 is 2.77 bits per heavy atom. The van der Waals surface area contributed by atoms with E-state index in [0.717, 1.165) is 19.6 Å². The molecule has 1 aliphatic heterocycles. The van der Waals surface area contributed by atoms with Crippen LogP contribution in [0.1, 0.15) is 48.0 Å². The molecule has 0 aliphatic carbocycles. The molecule has 3 rings (SSSR count). The normalized spacial score (nSPS) is 19.5. The van der Waals surface area contributed by atoms with Crippen LogP contribution in [0.4, 0.5) is 0 Å². The molecule has 8 heteroatoms. The van der Waals surface area contributed by atoms with Crippen LogP contribution in [-0.4, -0.2) is 47.6 Å². The maximum Gasteiger partial charge on any atom is 0.251 e. The summed E-state index contributed by atoms with van der Waals surface area (Å²) in [6, 6.07) is 6.48. The summed E-state index contributed by atoms with van der Waals surface area (Å²) in [6.07, 6.45) is 0. The van der Waals surface area contributed by atoms with Gasteiger partial charge in [-0.2, -0.15) is 4.98 Å². The number of benzene rings is 1. The Morgan fingerprint density at radius 1 is 1.38 bits per heavy atom. The van der Waals surface area contributed by atoms with Crippen molar-refractivity contribution in [3.8, 4) is 0 Å². The number of amides is 1. The van der Waals surface area contributed by atoms with Crippen molar-refractivity contribution in [2.24, 2.45) is 5.92 Å². The lowest BCUT2D eigenvalue weighted by molar-refractivity contribution is 0.0914. The third-order valence-electron chi connectivity index (χ3n) is 4.59. The van der Waals surface area contributed by atoms with Gasteiger partial charge in [0.15, 0.2) is 5.82 Å². The van der Waals surface area contributed by atoms with Gasteiger partial charge in [-0.1, -0.05) is 30.6 Å². The second kappa shape index (κ2) is 8.16. The molecule has 2 N–H and O–H groups in total. The molecule has 1 aromatic heterocycles. The van der Waals surface area contributed by atoms with E-state index in [1.807, 2.05) is 20.9 Å². The number of aromatic nitrogens is 2. The number of carbonyl (C=O) groups is 1. The molecular weight excluding hydrogens is 354 g/mol. The Hall–Kier alpha value is -1.96. The van der Waals surface area contributed by atoms with E-state index < -0.39 is 0 Å². The van der Waals surface area contributed by atoms with E-state index in [0.29, 0.717) is 22.3 Å². The lowest BCUT2D eigenvalue weighted by atomic mass is 10.0. The van der Waals surface area contributed by atoms with Crippen LogP contribution in [-0.2, 0) is 0 Å². The maximum absolute atomic E-state index is 12.5. The summed E-state index contributed by atoms with van der Waals surface area (Å²) in [5.41, 5.74) is 0.538. The zero-order valence-electron chi connectivity index (χ0n) is 15.2. The lowest BCUT2D eigenvalue weighted by Crippen LogP contribution is -2.44. The van der Waals surface area contributed by atoms with E-state index in [4.69, 9.17) is 16.1 Å². The first-order valence-electron chi connectivity index (χ1n) is 8.76. The summed E-state index contributed by atoms with van der Waals surface area (Å²) in [5, 5.41) is 11.1. The van der Waals surface area contributed by atoms with Crippen molar-refractivity contribution in [3.63, 3.8) is 0 Å². The van der Waals surface area contributed by atoms with Crippen LogP contribution < -0.4 is 10.6 Å². The Kier molecular flexibility index (Phi) is 5.90. The predicted molar refractivity (Wildman–Crippen MR) is 99.0 cm³/mol. The number of carbonyl (C=O) groups excluding carboxylic acids is 1. The van der Waals surface area contributed by atoms with Gasteiger partial charge in [-0.05, 0) is 37.2 Å². The van der Waals surface area contributed by atoms with E-state index in [1.54, 1.807) is 24.3 Å². The van der Waals surface area contributed by atoms with Crippen molar-refractivity contribution in [1.29, 1.82) is 0 Å². The van der Waals surface area contributed by atoms with Crippen molar-refractivity contribution in [3.05, 3.63) is 46.6 Å². The molecule has 2 heterocycles. The molecule has 0 bridgehead atoms. The first-order chi connectivity index (χ1) is 12.5. The van der Waals surface area contributed by atoms with Crippen LogP contribution in [0.15, 0.2) is 28.8 Å². The topological polar surface area (TPSA) is 83.3 Å². The molecule has 140 valence electrons. The highest BCUT2D eigenvalue weighted by atomic mass is 35.5. The van der Waals surface area contributed by atoms with Gasteiger partial charge in [-0.3, -0.25) is 9.69 Å². The van der Waals surface area contributed by atoms with Gasteiger partial charge in [0.1, 0.15) is 6.04 Å². The predicted octanol–water partition coefficient (Wildman–Crippen LogP) is 2.43. The summed E-state index contributed by atoms with van der Waals surface area (Å²) in [7, 11) is 2.05. The molecule has 1 aliphatic rings. The highest BCUT2D eigenvalue weighted by Crippen LogP contribution is 2.24. The van der Waals surface area contributed by atoms with Crippen LogP contribution in [0, 0.1) is 5.92 Å². The molecule has 2 unspecified atom stereocenters. The van der Waals surface area contributed by atoms with Gasteiger partial charge >= 0.3 is 0 Å². The fourth-order valence-electron chi connectivity index (χ4n) is 2.94. The van der Waals surface area contributed by atoms with Gasteiger partial charge in [-0.15, -0.1) is 0 Å². The fraction of sp³-hybridized carbons (Fsp3) is 0.500. The minimum atomic E-state index is -0.360. The van der Waals surface area contributed by atoms with Gasteiger partial charge in [0.05, 0.1) is 6.04 Å². The van der Waals surface area contributed by atoms with Crippen molar-refractivity contribution in [2.75, 3.05) is 26.7 Å². The molecule has 0 spiro atoms. The number of nitrogens with zero attached hydrogens (tertiary/aromatic N) is 3. The molecule has 2 atom stereocenters. The molecule has 7 nitrogen and oxygen atoms in total. The number of hydrogen-bond acceptors (Lipinski definition) is 6. The van der Waals surface area contributed by atoms with Gasteiger partial charge in [-0.25, -0.2) is 0 Å². The third-order valence-corrected chi connectivity index (χ3v) is 4.84. The molecule has 26 heavy (non-hydrogen) atoms. The van der Waals surface area contributed by atoms with Crippen LogP contribution in [0.3, 0.4) is 0 Å². The second-order valence-corrected chi connectivity index (χ2v) is 7.33. The lowest BCUT2D eigenvalue weighted by Gasteiger charge is -2.30. The Balaban J connectivity index is 1.75. The smallest absolute Gasteiger partial charge is 0.251 e. The van der Waals surface area contributed by atoms with E-state index in [9.17, 15) is 4.79 Å². The van der Waals surface area contributed by atoms with Crippen LogP contribution in [0.5, 0.6) is 0 Å². The molecule has 0 radical (unpaired) electrons. The summed E-state index contributed by atoms with van der Waals surface area (Å²) < 4.78 is 5.49. The average molecular weight is 378 g/mol. The van der Waals surface area contributed by atoms with E-state index in [2.05, 4.69) is 25.7 Å². The number of halogens is 1. The molecule has 2 aromatic rings. The Morgan fingerprint density at radius 2 is 2.12 bits per heavy atom. The number of nitrogens with one attached hydrogen (secondary N) is 2. The van der Waals surface area contributed by atoms with Crippen molar-refractivity contribution >= 4 is 17.5 Å². The average Bonchev–Trinajstić information content (AvgIpc) is 3.09. The van der Waals surface area contributed by atoms with Crippen molar-refractivity contribution in [2.45, 2.75) is 25.9 Å². The van der Waals surface area contributed by atoms with Crippen LogP contribution in [0.2, 0.25) is 5.02 Å². The molecule has 0 saturated carbocycles. The minimum absolute atomic E-state index is 0.0704. The van der Waals surface area contributed by atoms with Gasteiger partial charge < -0.3 is 15.2 Å². The van der Waals surface area contributed by atoms with Crippen LogP contribution >= 0.6 is 11.6 Å². The fourth-order valence-corrected chi connectivity index (χ4v) is 3.07. The van der Waals surface area contributed by atoms with E-state index in [-0.39, 0.29) is 23.9 Å². The van der Waals surface area contributed by atoms with E-state index >= 15 is 0 Å². The maximum atomic E-state index is 12.5. The first kappa shape index (κ1) is 18.8. The summed E-state index contributed by atoms with van der Waals surface area (Å²) in [4.78, 5) is 19.3. The SMILES string of the molecule is CC(C)C(NC(=O)c1ccc(Cl)cc1)c1nc(C2CNCCN2C)no1. The number of rotatable bonds is 5. The molecule has 1 fully saturated rings. The summed E-state index contributed by atoms with van der Waals surface area (Å²) >= 11 is 5.88. The Labute approximate surface area is 158 Å². The number of likely N-dealkylation sites (N-methyl/N-ethyl adjacent to an activating group) is 1. The quantitative estimate of drug-likeness (QED) is 0.832. The molecular formula is C18H24ClN5O2. The third kappa shape index (κ3) is 4.23. The van der Waals surface area contributed by atoms with Gasteiger partial charge in [0, 0.05) is 30.2 Å². The minimum Gasteiger partial charge on any atom is -0.340 e. The van der Waals surface area contributed by atoms with Crippen molar-refractivity contribution < 1.29 is 9.32 Å². The highest BCUT2D eigenvalue weighted by molar-refractivity contribution is 6.30. The summed E-state index contributed by atoms with van der Waals surface area (Å²) in [5.74, 6) is 0.968. The standard InChI is InChI=1S/C18H24ClN5O2/c1-11(2)15(21-17(25)12-4-6-13(19)7-5-12)18-22-16(23-26-18)14-10-20-8-9-24(14)3/h4-7,11,14-15,20H,8-10H2,1-3H3,(H,21,25). The Bertz CT molecular complexity index is 746. The second-order valence-electron chi connectivity index (χ2n) is 6.89. The van der Waals surface area contributed by atoms with Gasteiger partial charge in [0.2, 0.25) is 5.89 Å². The van der Waals surface area contributed by atoms with Crippen molar-refractivity contribution in [1.82, 2.24) is 25.7 Å². The first-order valence-corrected chi connectivity index (χ1v) is 9.14.